The minimum absolute atomic E-state index is 0. The van der Waals surface area contributed by atoms with Crippen molar-refractivity contribution in [1.29, 1.82) is 0 Å². The van der Waals surface area contributed by atoms with Gasteiger partial charge in [-0.1, -0.05) is 21.3 Å². The van der Waals surface area contributed by atoms with Crippen molar-refractivity contribution in [2.45, 2.75) is 21.3 Å². The van der Waals surface area contributed by atoms with Crippen LogP contribution >= 0.6 is 0 Å². The fourth-order valence-corrected chi connectivity index (χ4v) is 0. The van der Waals surface area contributed by atoms with Crippen LogP contribution in [-0.2, 0) is 98.1 Å². The van der Waals surface area contributed by atoms with Crippen LogP contribution in [0.15, 0.2) is 0 Å². The molecule has 0 aliphatic heterocycles. The van der Waals surface area contributed by atoms with Gasteiger partial charge in [0.2, 0.25) is 0 Å². The molecule has 0 aliphatic rings. The number of hydrogen-bond acceptors (Lipinski definition) is 0. The molecule has 0 aromatic rings. The molecular weight excluding hydrogens is 303 g/mol. The van der Waals surface area contributed by atoms with Crippen molar-refractivity contribution < 1.29 is 98.1 Å². The third-order valence-electron chi connectivity index (χ3n) is 0. The molecule has 0 aliphatic carbocycles. The molecule has 0 aromatic heterocycles. The summed E-state index contributed by atoms with van der Waals surface area (Å²) in [4.78, 5) is 0. The third-order valence-corrected chi connectivity index (χ3v) is 0. The largest absolute Gasteiger partial charge is 0.0776 e. The van der Waals surface area contributed by atoms with E-state index in [1.54, 1.807) is 0 Å². The zero-order valence-corrected chi connectivity index (χ0v) is 12.2. The van der Waals surface area contributed by atoms with Crippen LogP contribution < -0.4 is 0 Å². The summed E-state index contributed by atoms with van der Waals surface area (Å²) in [6.45, 7) is 4.00. The average Bonchev–Trinajstić information content (AvgIpc) is 1.00. The maximum absolute atomic E-state index is 2.00. The Labute approximate surface area is 117 Å². The van der Waals surface area contributed by atoms with Gasteiger partial charge in [0.25, 0.3) is 0 Å². The Kier molecular flexibility index (Phi) is 234. The van der Waals surface area contributed by atoms with Crippen molar-refractivity contribution >= 4 is 0 Å². The predicted molar refractivity (Wildman–Crippen MR) is 18.1 cm³/mol. The van der Waals surface area contributed by atoms with Gasteiger partial charge in [-0.2, -0.15) is 0 Å². The van der Waals surface area contributed by atoms with Crippen molar-refractivity contribution in [3.63, 3.8) is 0 Å². The second-order valence-electron chi connectivity index (χ2n) is 0. The van der Waals surface area contributed by atoms with Crippen LogP contribution in [0.25, 0.3) is 0 Å². The fourth-order valence-electron chi connectivity index (χ4n) is 0. The molecule has 0 aromatic carbocycles. The fraction of sp³-hybridized carbons (Fsp3) is 1.00. The van der Waals surface area contributed by atoms with E-state index in [0.29, 0.717) is 0 Å². The molecule has 0 spiro atoms. The first kappa shape index (κ1) is 34.6. The summed E-state index contributed by atoms with van der Waals surface area (Å²) in [5.74, 6) is 0. The molecule has 0 saturated carbocycles. The minimum Gasteiger partial charge on any atom is -0.0776 e. The minimum atomic E-state index is 0. The summed E-state index contributed by atoms with van der Waals surface area (Å²) >= 11 is 0. The van der Waals surface area contributed by atoms with E-state index in [1.165, 1.54) is 0 Å². The molecule has 0 rings (SSSR count). The van der Waals surface area contributed by atoms with E-state index in [4.69, 9.17) is 0 Å². The molecule has 6 heavy (non-hydrogen) atoms. The summed E-state index contributed by atoms with van der Waals surface area (Å²) < 4.78 is 0. The Morgan fingerprint density at radius 3 is 0.667 bits per heavy atom. The molecule has 0 heterocycles. The van der Waals surface area contributed by atoms with Crippen LogP contribution in [0.1, 0.15) is 21.3 Å². The summed E-state index contributed by atoms with van der Waals surface area (Å²) in [5.41, 5.74) is 0. The van der Waals surface area contributed by atoms with Crippen LogP contribution in [0.4, 0.5) is 0 Å². The molecule has 31 valence electrons. The summed E-state index contributed by atoms with van der Waals surface area (Å²) in [7, 11) is 0. The van der Waals surface area contributed by atoms with Crippen molar-refractivity contribution in [2.24, 2.45) is 0 Å². The molecule has 0 saturated heterocycles. The molecule has 0 unspecified atom stereocenters. The second-order valence-corrected chi connectivity index (χ2v) is 0. The van der Waals surface area contributed by atoms with Gasteiger partial charge in [-0.3, -0.25) is 0 Å². The SMILES string of the molecule is C.CC.[Y].[Y].[Y]. The van der Waals surface area contributed by atoms with E-state index in [9.17, 15) is 0 Å². The maximum Gasteiger partial charge on any atom is 0 e. The van der Waals surface area contributed by atoms with Gasteiger partial charge in [0.05, 0.1) is 0 Å². The Hall–Kier alpha value is 3.31. The third kappa shape index (κ3) is 26.6. The zero-order valence-electron chi connectivity index (χ0n) is 3.73. The van der Waals surface area contributed by atoms with Crippen LogP contribution in [0, 0.1) is 0 Å². The Bertz CT molecular complexity index is 6.00. The molecule has 0 N–H and O–H groups in total. The van der Waals surface area contributed by atoms with Crippen molar-refractivity contribution in [2.75, 3.05) is 0 Å². The van der Waals surface area contributed by atoms with Gasteiger partial charge in [-0.25, -0.2) is 0 Å². The summed E-state index contributed by atoms with van der Waals surface area (Å²) in [6, 6.07) is 0. The van der Waals surface area contributed by atoms with E-state index >= 15 is 0 Å². The molecule has 0 fully saturated rings. The van der Waals surface area contributed by atoms with Crippen molar-refractivity contribution in [1.82, 2.24) is 0 Å². The average molecular weight is 313 g/mol. The number of hydrogen-bond donors (Lipinski definition) is 0. The standard InChI is InChI=1S/C2H6.CH4.3Y/c1-2;;;;/h1-2H3;1H4;;;. The quantitative estimate of drug-likeness (QED) is 0.638. The molecule has 0 atom stereocenters. The molecule has 3 heteroatoms. The molecule has 0 amide bonds. The van der Waals surface area contributed by atoms with Gasteiger partial charge in [0.15, 0.2) is 0 Å². The molecule has 0 bridgehead atoms. The van der Waals surface area contributed by atoms with Crippen LogP contribution in [-0.4, -0.2) is 0 Å². The van der Waals surface area contributed by atoms with Gasteiger partial charge in [0.1, 0.15) is 0 Å². The Balaban J connectivity index is -0.000000000833. The monoisotopic (exact) mass is 313 g/mol. The van der Waals surface area contributed by atoms with Gasteiger partial charge < -0.3 is 0 Å². The molecular formula is C3H10Y3. The van der Waals surface area contributed by atoms with Gasteiger partial charge in [-0.15, -0.1) is 0 Å². The summed E-state index contributed by atoms with van der Waals surface area (Å²) in [5, 5.41) is 0. The first-order valence-corrected chi connectivity index (χ1v) is 1.00. The van der Waals surface area contributed by atoms with Crippen LogP contribution in [0.3, 0.4) is 0 Å². The van der Waals surface area contributed by atoms with E-state index in [2.05, 4.69) is 0 Å². The second kappa shape index (κ2) is 40.5. The maximum atomic E-state index is 2.00. The van der Waals surface area contributed by atoms with Crippen LogP contribution in [0.2, 0.25) is 0 Å². The normalized spacial score (nSPS) is 1.00. The van der Waals surface area contributed by atoms with Gasteiger partial charge >= 0.3 is 0 Å². The smallest absolute Gasteiger partial charge is 0 e. The van der Waals surface area contributed by atoms with E-state index < -0.39 is 0 Å². The van der Waals surface area contributed by atoms with E-state index in [-0.39, 0.29) is 106 Å². The van der Waals surface area contributed by atoms with Gasteiger partial charge in [0, 0.05) is 98.1 Å². The molecule has 0 nitrogen and oxygen atoms in total. The Morgan fingerprint density at radius 2 is 0.667 bits per heavy atom. The van der Waals surface area contributed by atoms with Crippen LogP contribution in [0.5, 0.6) is 0 Å². The van der Waals surface area contributed by atoms with Gasteiger partial charge in [-0.05, 0) is 0 Å². The van der Waals surface area contributed by atoms with E-state index in [1.807, 2.05) is 13.8 Å². The first-order chi connectivity index (χ1) is 1.00. The van der Waals surface area contributed by atoms with E-state index in [0.717, 1.165) is 0 Å². The topological polar surface area (TPSA) is 0 Å². The van der Waals surface area contributed by atoms with Crippen molar-refractivity contribution in [3.05, 3.63) is 0 Å². The molecule has 3 radical (unpaired) electrons. The summed E-state index contributed by atoms with van der Waals surface area (Å²) in [6.07, 6.45) is 0. The van der Waals surface area contributed by atoms with Crippen molar-refractivity contribution in [3.8, 4) is 0 Å². The Morgan fingerprint density at radius 1 is 0.667 bits per heavy atom. The zero-order chi connectivity index (χ0) is 2.00. The first-order valence-electron chi connectivity index (χ1n) is 1.00. The number of rotatable bonds is 0. The predicted octanol–water partition coefficient (Wildman–Crippen LogP) is 1.65.